The van der Waals surface area contributed by atoms with E-state index < -0.39 is 97.5 Å². The molecule has 3 unspecified atom stereocenters. The minimum Gasteiger partial charge on any atom is -0.462 e. The summed E-state index contributed by atoms with van der Waals surface area (Å²) in [5.41, 5.74) is 0. The van der Waals surface area contributed by atoms with E-state index in [1.807, 2.05) is 0 Å². The van der Waals surface area contributed by atoms with Gasteiger partial charge in [-0.1, -0.05) is 278 Å². The summed E-state index contributed by atoms with van der Waals surface area (Å²) in [6.45, 7) is 11.7. The summed E-state index contributed by atoms with van der Waals surface area (Å²) in [7, 11) is -9.91. The lowest BCUT2D eigenvalue weighted by Gasteiger charge is -2.21. The largest absolute Gasteiger partial charge is 0.472 e. The predicted molar refractivity (Wildman–Crippen MR) is 363 cm³/mol. The van der Waals surface area contributed by atoms with Crippen LogP contribution in [0.4, 0.5) is 0 Å². The molecule has 0 aromatic heterocycles. The maximum Gasteiger partial charge on any atom is 0.472 e. The molecule has 0 aliphatic carbocycles. The van der Waals surface area contributed by atoms with Crippen molar-refractivity contribution >= 4 is 39.5 Å². The molecule has 0 bridgehead atoms. The van der Waals surface area contributed by atoms with Gasteiger partial charge in [0.15, 0.2) is 12.2 Å². The summed E-state index contributed by atoms with van der Waals surface area (Å²) < 4.78 is 68.2. The molecule has 90 heavy (non-hydrogen) atoms. The number of phosphoric acid groups is 2. The zero-order chi connectivity index (χ0) is 66.6. The van der Waals surface area contributed by atoms with E-state index in [4.69, 9.17) is 37.0 Å². The van der Waals surface area contributed by atoms with Crippen LogP contribution in [-0.2, 0) is 65.4 Å². The molecular weight excluding hydrogens is 1190 g/mol. The van der Waals surface area contributed by atoms with Crippen molar-refractivity contribution in [2.45, 2.75) is 349 Å². The number of rotatable bonds is 67. The Morgan fingerprint density at radius 1 is 0.344 bits per heavy atom. The monoisotopic (exact) mass is 1320 g/mol. The van der Waals surface area contributed by atoms with E-state index in [1.54, 1.807) is 0 Å². The van der Waals surface area contributed by atoms with Crippen LogP contribution in [0.3, 0.4) is 0 Å². The predicted octanol–water partition coefficient (Wildman–Crippen LogP) is 19.8. The first kappa shape index (κ1) is 87.5. The zero-order valence-electron chi connectivity index (χ0n) is 58.1. The molecular formula is C71H134O17P2. The highest BCUT2D eigenvalue weighted by molar-refractivity contribution is 7.47. The molecule has 5 atom stereocenters. The van der Waals surface area contributed by atoms with Crippen molar-refractivity contribution in [3.8, 4) is 0 Å². The number of aliphatic hydroxyl groups excluding tert-OH is 1. The summed E-state index contributed by atoms with van der Waals surface area (Å²) in [6.07, 6.45) is 48.2. The Morgan fingerprint density at radius 3 is 0.900 bits per heavy atom. The number of hydrogen-bond acceptors (Lipinski definition) is 15. The van der Waals surface area contributed by atoms with Crippen LogP contribution in [0.15, 0.2) is 24.3 Å². The molecule has 0 fully saturated rings. The van der Waals surface area contributed by atoms with E-state index in [-0.39, 0.29) is 25.7 Å². The van der Waals surface area contributed by atoms with Gasteiger partial charge in [-0.2, -0.15) is 0 Å². The number of carbonyl (C=O) groups excluding carboxylic acids is 4. The van der Waals surface area contributed by atoms with E-state index in [0.29, 0.717) is 31.6 Å². The number of hydrogen-bond donors (Lipinski definition) is 3. The van der Waals surface area contributed by atoms with Crippen LogP contribution in [0.1, 0.15) is 331 Å². The van der Waals surface area contributed by atoms with Gasteiger partial charge in [0.2, 0.25) is 0 Å². The summed E-state index contributed by atoms with van der Waals surface area (Å²) in [5, 5.41) is 10.6. The molecule has 0 spiro atoms. The SMILES string of the molecule is CCCCCC/C=C\C=C/CCCCCCCC(=O)OC[C@H](COP(=O)(O)OCC(O)COP(=O)(O)OC[C@@H](COC(=O)CCCCCCCCCCC(C)C)OC(=O)CCCCCCCCC(C)C)OC(=O)CCCCCCCCCCCCCCC(C)C. The second-order valence-electron chi connectivity index (χ2n) is 26.4. The third-order valence-corrected chi connectivity index (χ3v) is 17.7. The Balaban J connectivity index is 5.27. The Bertz CT molecular complexity index is 1860. The maximum absolute atomic E-state index is 13.0. The fraction of sp³-hybridized carbons (Fsp3) is 0.887. The summed E-state index contributed by atoms with van der Waals surface area (Å²) in [6, 6.07) is 0. The molecule has 0 amide bonds. The number of aliphatic hydroxyl groups is 1. The second kappa shape index (κ2) is 61.4. The van der Waals surface area contributed by atoms with Crippen LogP contribution in [0.2, 0.25) is 0 Å². The topological polar surface area (TPSA) is 237 Å². The Hall–Kier alpha value is -2.46. The summed E-state index contributed by atoms with van der Waals surface area (Å²) >= 11 is 0. The normalized spacial score (nSPS) is 14.4. The minimum atomic E-state index is -4.96. The number of allylic oxidation sites excluding steroid dienone is 4. The first-order chi connectivity index (χ1) is 43.2. The van der Waals surface area contributed by atoms with Gasteiger partial charge in [-0.3, -0.25) is 37.3 Å². The fourth-order valence-electron chi connectivity index (χ4n) is 10.2. The van der Waals surface area contributed by atoms with Gasteiger partial charge in [0.05, 0.1) is 26.4 Å². The van der Waals surface area contributed by atoms with E-state index in [2.05, 4.69) is 72.8 Å². The molecule has 0 rings (SSSR count). The first-order valence-electron chi connectivity index (χ1n) is 36.2. The third-order valence-electron chi connectivity index (χ3n) is 15.8. The highest BCUT2D eigenvalue weighted by Crippen LogP contribution is 2.45. The zero-order valence-corrected chi connectivity index (χ0v) is 59.9. The molecule has 17 nitrogen and oxygen atoms in total. The van der Waals surface area contributed by atoms with Crippen LogP contribution >= 0.6 is 15.6 Å². The average molecular weight is 1320 g/mol. The van der Waals surface area contributed by atoms with Crippen molar-refractivity contribution in [1.29, 1.82) is 0 Å². The lowest BCUT2D eigenvalue weighted by Crippen LogP contribution is -2.30. The number of esters is 4. The molecule has 0 saturated carbocycles. The lowest BCUT2D eigenvalue weighted by atomic mass is 10.0. The third kappa shape index (κ3) is 64.3. The van der Waals surface area contributed by atoms with Crippen molar-refractivity contribution in [2.75, 3.05) is 39.6 Å². The van der Waals surface area contributed by atoms with E-state index >= 15 is 0 Å². The van der Waals surface area contributed by atoms with Gasteiger partial charge in [0, 0.05) is 25.7 Å². The van der Waals surface area contributed by atoms with Crippen molar-refractivity contribution in [3.05, 3.63) is 24.3 Å². The van der Waals surface area contributed by atoms with Gasteiger partial charge in [-0.25, -0.2) is 9.13 Å². The molecule has 0 heterocycles. The fourth-order valence-corrected chi connectivity index (χ4v) is 11.8. The smallest absolute Gasteiger partial charge is 0.462 e. The lowest BCUT2D eigenvalue weighted by molar-refractivity contribution is -0.161. The van der Waals surface area contributed by atoms with Crippen molar-refractivity contribution in [1.82, 2.24) is 0 Å². The maximum atomic E-state index is 13.0. The van der Waals surface area contributed by atoms with Gasteiger partial charge in [-0.15, -0.1) is 0 Å². The highest BCUT2D eigenvalue weighted by atomic mass is 31.2. The van der Waals surface area contributed by atoms with Crippen molar-refractivity contribution in [2.24, 2.45) is 17.8 Å². The molecule has 0 radical (unpaired) electrons. The molecule has 0 aliphatic heterocycles. The summed E-state index contributed by atoms with van der Waals surface area (Å²) in [5.74, 6) is 0.00620. The quantitative estimate of drug-likeness (QED) is 0.0169. The molecule has 530 valence electrons. The molecule has 0 aromatic carbocycles. The first-order valence-corrected chi connectivity index (χ1v) is 39.2. The Kier molecular flexibility index (Phi) is 59.7. The van der Waals surface area contributed by atoms with Gasteiger partial charge >= 0.3 is 39.5 Å². The van der Waals surface area contributed by atoms with E-state index in [1.165, 1.54) is 122 Å². The number of unbranched alkanes of at least 4 members (excludes halogenated alkanes) is 32. The molecule has 3 N–H and O–H groups in total. The molecule has 0 saturated heterocycles. The Labute approximate surface area is 548 Å². The van der Waals surface area contributed by atoms with Crippen LogP contribution in [0.5, 0.6) is 0 Å². The number of carbonyl (C=O) groups is 4. The van der Waals surface area contributed by atoms with Crippen LogP contribution in [0.25, 0.3) is 0 Å². The van der Waals surface area contributed by atoms with Crippen molar-refractivity contribution < 1.29 is 80.2 Å². The molecule has 0 aromatic rings. The van der Waals surface area contributed by atoms with E-state index in [0.717, 1.165) is 121 Å². The molecule has 19 heteroatoms. The molecule has 0 aliphatic rings. The number of ether oxygens (including phenoxy) is 4. The van der Waals surface area contributed by atoms with E-state index in [9.17, 15) is 43.2 Å². The van der Waals surface area contributed by atoms with Crippen LogP contribution in [0, 0.1) is 17.8 Å². The van der Waals surface area contributed by atoms with Crippen molar-refractivity contribution in [3.63, 3.8) is 0 Å². The van der Waals surface area contributed by atoms with Crippen LogP contribution in [-0.4, -0.2) is 96.7 Å². The average Bonchev–Trinajstić information content (AvgIpc) is 3.62. The van der Waals surface area contributed by atoms with Gasteiger partial charge in [0.25, 0.3) is 0 Å². The second-order valence-corrected chi connectivity index (χ2v) is 29.3. The highest BCUT2D eigenvalue weighted by Gasteiger charge is 2.30. The van der Waals surface area contributed by atoms with Crippen LogP contribution < -0.4 is 0 Å². The van der Waals surface area contributed by atoms with Gasteiger partial charge in [0.1, 0.15) is 19.3 Å². The summed E-state index contributed by atoms with van der Waals surface area (Å²) in [4.78, 5) is 72.5. The standard InChI is InChI=1S/C71H134O17P2/c1-8-9-10-11-12-13-14-15-16-17-21-24-30-38-45-52-68(73)81-58-66(87-70(75)54-47-40-32-25-22-19-18-20-23-28-35-42-49-62(2)3)60-85-89(77,78)83-56-65(72)57-84-90(79,80)86-61-67(88-71(76)55-48-41-34-33-37-44-51-64(6)7)59-82-69(74)53-46-39-31-27-26-29-36-43-50-63(4)5/h13-16,62-67,72H,8-12,17-61H2,1-7H3,(H,77,78)(H,79,80)/b14-13-,16-15-/t65?,66-,67-/m1/s1. The van der Waals surface area contributed by atoms with Gasteiger partial charge < -0.3 is 33.8 Å². The minimum absolute atomic E-state index is 0.0989. The Morgan fingerprint density at radius 2 is 0.600 bits per heavy atom. The number of phosphoric ester groups is 2. The van der Waals surface area contributed by atoms with Gasteiger partial charge in [-0.05, 0) is 69.1 Å².